The number of likely N-dealkylation sites (tertiary alicyclic amines) is 2. The monoisotopic (exact) mass is 429 g/mol. The van der Waals surface area contributed by atoms with Crippen LogP contribution in [-0.4, -0.2) is 77.9 Å². The quantitative estimate of drug-likeness (QED) is 0.535. The van der Waals surface area contributed by atoms with Gasteiger partial charge in [-0.1, -0.05) is 19.1 Å². The van der Waals surface area contributed by atoms with Crippen LogP contribution in [0, 0.1) is 0 Å². The molecule has 2 amide bonds. The van der Waals surface area contributed by atoms with Gasteiger partial charge in [0.25, 0.3) is 5.91 Å². The lowest BCUT2D eigenvalue weighted by Crippen LogP contribution is -2.44. The van der Waals surface area contributed by atoms with Crippen molar-refractivity contribution < 1.29 is 19.1 Å². The van der Waals surface area contributed by atoms with Crippen LogP contribution in [0.25, 0.3) is 0 Å². The summed E-state index contributed by atoms with van der Waals surface area (Å²) in [5.41, 5.74) is 1.64. The van der Waals surface area contributed by atoms with Gasteiger partial charge in [0.05, 0.1) is 13.0 Å². The molecule has 1 atom stereocenters. The molecule has 0 spiro atoms. The summed E-state index contributed by atoms with van der Waals surface area (Å²) < 4.78 is 5.06. The number of hydrogen-bond acceptors (Lipinski definition) is 5. The predicted molar refractivity (Wildman–Crippen MR) is 119 cm³/mol. The van der Waals surface area contributed by atoms with Gasteiger partial charge in [-0.3, -0.25) is 19.3 Å². The Labute approximate surface area is 185 Å². The van der Waals surface area contributed by atoms with Gasteiger partial charge in [0.15, 0.2) is 0 Å². The minimum absolute atomic E-state index is 0.0592. The van der Waals surface area contributed by atoms with Gasteiger partial charge in [-0.15, -0.1) is 0 Å². The highest BCUT2D eigenvalue weighted by Gasteiger charge is 2.28. The summed E-state index contributed by atoms with van der Waals surface area (Å²) in [4.78, 5) is 43.1. The average molecular weight is 430 g/mol. The van der Waals surface area contributed by atoms with E-state index in [0.717, 1.165) is 44.5 Å². The highest BCUT2D eigenvalue weighted by Crippen LogP contribution is 2.20. The summed E-state index contributed by atoms with van der Waals surface area (Å²) in [6.45, 7) is 8.68. The molecule has 2 aliphatic rings. The number of carbonyl (C=O) groups is 3. The summed E-state index contributed by atoms with van der Waals surface area (Å²) in [6.07, 6.45) is 3.96. The maximum atomic E-state index is 13.3. The minimum atomic E-state index is -0.273. The molecule has 0 N–H and O–H groups in total. The van der Waals surface area contributed by atoms with E-state index in [1.807, 2.05) is 29.2 Å². The van der Waals surface area contributed by atoms with Crippen LogP contribution in [0.15, 0.2) is 24.3 Å². The van der Waals surface area contributed by atoms with Crippen LogP contribution in [0.1, 0.15) is 61.9 Å². The first-order valence-corrected chi connectivity index (χ1v) is 11.6. The van der Waals surface area contributed by atoms with Crippen LogP contribution in [0.2, 0.25) is 0 Å². The van der Waals surface area contributed by atoms with Crippen molar-refractivity contribution in [3.05, 3.63) is 35.4 Å². The summed E-state index contributed by atoms with van der Waals surface area (Å²) >= 11 is 0. The lowest BCUT2D eigenvalue weighted by molar-refractivity contribution is -0.143. The van der Waals surface area contributed by atoms with Crippen LogP contribution in [0.5, 0.6) is 0 Å². The average Bonchev–Trinajstić information content (AvgIpc) is 3.39. The lowest BCUT2D eigenvalue weighted by Gasteiger charge is -2.30. The first kappa shape index (κ1) is 23.3. The van der Waals surface area contributed by atoms with Crippen LogP contribution in [-0.2, 0) is 20.9 Å². The Balaban J connectivity index is 1.67. The van der Waals surface area contributed by atoms with Gasteiger partial charge in [-0.25, -0.2) is 0 Å². The van der Waals surface area contributed by atoms with Gasteiger partial charge in [0, 0.05) is 44.2 Å². The van der Waals surface area contributed by atoms with Gasteiger partial charge >= 0.3 is 5.97 Å². The molecule has 0 aromatic heterocycles. The Kier molecular flexibility index (Phi) is 8.46. The second kappa shape index (κ2) is 11.3. The zero-order valence-corrected chi connectivity index (χ0v) is 18.8. The predicted octanol–water partition coefficient (Wildman–Crippen LogP) is 2.69. The molecular formula is C24H35N3O4. The van der Waals surface area contributed by atoms with Crippen molar-refractivity contribution in [3.63, 3.8) is 0 Å². The Morgan fingerprint density at radius 1 is 1.13 bits per heavy atom. The Morgan fingerprint density at radius 3 is 2.55 bits per heavy atom. The molecule has 0 saturated carbocycles. The smallest absolute Gasteiger partial charge is 0.307 e. The molecule has 7 nitrogen and oxygen atoms in total. The molecule has 0 radical (unpaired) electrons. The van der Waals surface area contributed by atoms with E-state index in [4.69, 9.17) is 4.74 Å². The molecule has 3 rings (SSSR count). The van der Waals surface area contributed by atoms with Crippen molar-refractivity contribution >= 4 is 17.8 Å². The molecule has 170 valence electrons. The number of rotatable bonds is 10. The number of esters is 1. The van der Waals surface area contributed by atoms with Crippen LogP contribution >= 0.6 is 0 Å². The van der Waals surface area contributed by atoms with Crippen molar-refractivity contribution in [1.82, 2.24) is 14.7 Å². The second-order valence-electron chi connectivity index (χ2n) is 8.35. The Hall–Kier alpha value is -2.41. The fourth-order valence-electron chi connectivity index (χ4n) is 4.53. The molecule has 0 aliphatic carbocycles. The summed E-state index contributed by atoms with van der Waals surface area (Å²) in [5, 5.41) is 0. The molecule has 2 saturated heterocycles. The number of amides is 2. The topological polar surface area (TPSA) is 70.2 Å². The number of nitrogens with zero attached hydrogens (tertiary/aromatic N) is 3. The van der Waals surface area contributed by atoms with Gasteiger partial charge in [-0.2, -0.15) is 0 Å². The maximum Gasteiger partial charge on any atom is 0.307 e. The molecule has 2 fully saturated rings. The number of carbonyl (C=O) groups excluding carboxylic acids is 3. The molecule has 1 aromatic rings. The van der Waals surface area contributed by atoms with Gasteiger partial charge in [-0.05, 0) is 57.0 Å². The normalized spacial score (nSPS) is 19.1. The molecule has 1 aromatic carbocycles. The Morgan fingerprint density at radius 2 is 1.90 bits per heavy atom. The van der Waals surface area contributed by atoms with E-state index in [2.05, 4.69) is 11.8 Å². The van der Waals surface area contributed by atoms with Gasteiger partial charge in [0.1, 0.15) is 0 Å². The SMILES string of the molecule is CCOC(=O)CCN(CC1CCCN1CC)C(=O)c1ccc(CN2CCCC2=O)cc1. The van der Waals surface area contributed by atoms with Crippen molar-refractivity contribution in [2.45, 2.75) is 58.5 Å². The molecule has 0 bridgehead atoms. The van der Waals surface area contributed by atoms with E-state index >= 15 is 0 Å². The van der Waals surface area contributed by atoms with Crippen LogP contribution in [0.3, 0.4) is 0 Å². The van der Waals surface area contributed by atoms with E-state index in [1.54, 1.807) is 11.8 Å². The van der Waals surface area contributed by atoms with Gasteiger partial charge < -0.3 is 14.5 Å². The largest absolute Gasteiger partial charge is 0.466 e. The van der Waals surface area contributed by atoms with E-state index in [-0.39, 0.29) is 24.2 Å². The second-order valence-corrected chi connectivity index (χ2v) is 8.35. The van der Waals surface area contributed by atoms with Crippen molar-refractivity contribution in [1.29, 1.82) is 0 Å². The highest BCUT2D eigenvalue weighted by molar-refractivity contribution is 5.94. The minimum Gasteiger partial charge on any atom is -0.466 e. The van der Waals surface area contributed by atoms with E-state index in [0.29, 0.717) is 44.3 Å². The highest BCUT2D eigenvalue weighted by atomic mass is 16.5. The van der Waals surface area contributed by atoms with Crippen molar-refractivity contribution in [2.24, 2.45) is 0 Å². The van der Waals surface area contributed by atoms with Crippen molar-refractivity contribution in [2.75, 3.05) is 39.3 Å². The Bertz CT molecular complexity index is 765. The van der Waals surface area contributed by atoms with Crippen LogP contribution in [0.4, 0.5) is 0 Å². The number of likely N-dealkylation sites (N-methyl/N-ethyl adjacent to an activating group) is 1. The maximum absolute atomic E-state index is 13.3. The third-order valence-corrected chi connectivity index (χ3v) is 6.26. The summed E-state index contributed by atoms with van der Waals surface area (Å²) in [5.74, 6) is -0.136. The number of hydrogen-bond donors (Lipinski definition) is 0. The molecule has 2 heterocycles. The van der Waals surface area contributed by atoms with E-state index in [1.165, 1.54) is 0 Å². The molecule has 7 heteroatoms. The zero-order chi connectivity index (χ0) is 22.2. The van der Waals surface area contributed by atoms with Crippen LogP contribution < -0.4 is 0 Å². The zero-order valence-electron chi connectivity index (χ0n) is 18.8. The number of ether oxygens (including phenoxy) is 1. The van der Waals surface area contributed by atoms with E-state index in [9.17, 15) is 14.4 Å². The van der Waals surface area contributed by atoms with E-state index < -0.39 is 0 Å². The summed E-state index contributed by atoms with van der Waals surface area (Å²) in [7, 11) is 0. The first-order valence-electron chi connectivity index (χ1n) is 11.6. The first-order chi connectivity index (χ1) is 15.0. The fourth-order valence-corrected chi connectivity index (χ4v) is 4.53. The standard InChI is InChI=1S/C24H35N3O4/c1-3-25-14-5-7-21(25)18-27(16-13-23(29)31-4-2)24(30)20-11-9-19(10-12-20)17-26-15-6-8-22(26)28/h9-12,21H,3-8,13-18H2,1-2H3. The fraction of sp³-hybridized carbons (Fsp3) is 0.625. The van der Waals surface area contributed by atoms with Crippen molar-refractivity contribution in [3.8, 4) is 0 Å². The molecule has 31 heavy (non-hydrogen) atoms. The molecular weight excluding hydrogens is 394 g/mol. The third-order valence-electron chi connectivity index (χ3n) is 6.26. The molecule has 1 unspecified atom stereocenters. The lowest BCUT2D eigenvalue weighted by atomic mass is 10.1. The number of benzene rings is 1. The molecule has 2 aliphatic heterocycles. The summed E-state index contributed by atoms with van der Waals surface area (Å²) in [6, 6.07) is 7.85. The third kappa shape index (κ3) is 6.29. The van der Waals surface area contributed by atoms with Gasteiger partial charge in [0.2, 0.25) is 5.91 Å².